The number of amides is 2. The van der Waals surface area contributed by atoms with Gasteiger partial charge in [0.15, 0.2) is 11.5 Å². The number of Topliss-reactive ketones (excluding diaryl/α,β-unsaturated/α-hetero) is 2. The number of nitriles is 1. The number of ketones is 2. The molecule has 5 atom stereocenters. The number of aliphatic hydroxyl groups excluding tert-OH is 1. The van der Waals surface area contributed by atoms with Gasteiger partial charge in [0, 0.05) is 40.9 Å². The number of rotatable bonds is 3. The van der Waals surface area contributed by atoms with Gasteiger partial charge in [0.05, 0.1) is 36.4 Å². The highest BCUT2D eigenvalue weighted by molar-refractivity contribution is 6.50. The number of carbonyl (C=O) groups excluding carboxylic acids is 4. The lowest BCUT2D eigenvalue weighted by Gasteiger charge is -2.60. The van der Waals surface area contributed by atoms with Crippen molar-refractivity contribution < 1.29 is 34.1 Å². The van der Waals surface area contributed by atoms with Gasteiger partial charge in [-0.2, -0.15) is 5.26 Å². The SMILES string of the molecule is COc1c(C)cc2c(c1O)C1C3CC4=C(C(=O)C(=O)C(C)=C4O)[C@H](CN4C(=O)c5ccccc5C4=O)N3C(C#N)C(C2)N1C. The number of phenols is 1. The Hall–Kier alpha value is -4.79. The standard InChI is InChI=1S/C33H30N4O7/c1-14-9-16-10-20-22(12-34)37-21(26(35(20)3)24(16)30(41)31(14)44-4)11-19-25(29(40)28(39)15(2)27(19)38)23(37)13-36-32(42)17-7-5-6-8-18(17)33(36)43/h5-9,20-23,26,38,41H,10-11,13H2,1-4H3/t20?,21?,22?,23-,26?/m0/s1. The molecular weight excluding hydrogens is 564 g/mol. The number of piperazine rings is 1. The summed E-state index contributed by atoms with van der Waals surface area (Å²) in [4.78, 5) is 58.7. The van der Waals surface area contributed by atoms with E-state index in [0.29, 0.717) is 17.7 Å². The lowest BCUT2D eigenvalue weighted by Crippen LogP contribution is -2.71. The van der Waals surface area contributed by atoms with Gasteiger partial charge in [0.25, 0.3) is 11.8 Å². The molecule has 0 radical (unpaired) electrons. The van der Waals surface area contributed by atoms with Gasteiger partial charge >= 0.3 is 0 Å². The normalized spacial score (nSPS) is 28.1. The summed E-state index contributed by atoms with van der Waals surface area (Å²) in [6.07, 6.45) is 0.496. The predicted octanol–water partition coefficient (Wildman–Crippen LogP) is 2.53. The number of carbonyl (C=O) groups is 4. The van der Waals surface area contributed by atoms with Crippen LogP contribution >= 0.6 is 0 Å². The number of hydrogen-bond donors (Lipinski definition) is 2. The van der Waals surface area contributed by atoms with Crippen molar-refractivity contribution in [3.63, 3.8) is 0 Å². The van der Waals surface area contributed by atoms with E-state index in [-0.39, 0.29) is 58.4 Å². The van der Waals surface area contributed by atoms with Crippen LogP contribution in [0.25, 0.3) is 0 Å². The van der Waals surface area contributed by atoms with E-state index >= 15 is 0 Å². The Balaban J connectivity index is 1.44. The first-order chi connectivity index (χ1) is 21.0. The third-order valence-electron chi connectivity index (χ3n) is 10.1. The van der Waals surface area contributed by atoms with E-state index in [9.17, 15) is 34.7 Å². The summed E-state index contributed by atoms with van der Waals surface area (Å²) in [5, 5.41) is 33.5. The van der Waals surface area contributed by atoms with Crippen LogP contribution in [0, 0.1) is 18.3 Å². The fourth-order valence-electron chi connectivity index (χ4n) is 8.13. The van der Waals surface area contributed by atoms with Crippen LogP contribution in [0.5, 0.6) is 11.5 Å². The Kier molecular flexibility index (Phi) is 6.12. The molecule has 2 aromatic rings. The molecule has 2 aromatic carbocycles. The van der Waals surface area contributed by atoms with Crippen molar-refractivity contribution >= 4 is 23.4 Å². The third kappa shape index (κ3) is 3.49. The summed E-state index contributed by atoms with van der Waals surface area (Å²) in [5.41, 5.74) is 2.89. The van der Waals surface area contributed by atoms with Crippen molar-refractivity contribution in [3.05, 3.63) is 80.6 Å². The van der Waals surface area contributed by atoms with Crippen LogP contribution in [0.4, 0.5) is 0 Å². The van der Waals surface area contributed by atoms with Crippen molar-refractivity contribution in [1.82, 2.24) is 14.7 Å². The lowest BCUT2D eigenvalue weighted by atomic mass is 9.70. The van der Waals surface area contributed by atoms with Gasteiger partial charge in [0.2, 0.25) is 11.6 Å². The molecule has 0 aromatic heterocycles. The molecule has 11 nitrogen and oxygen atoms in total. The Labute approximate surface area is 253 Å². The molecule has 2 amide bonds. The molecule has 1 aliphatic carbocycles. The van der Waals surface area contributed by atoms with E-state index < -0.39 is 47.5 Å². The van der Waals surface area contributed by atoms with Gasteiger partial charge in [-0.05, 0) is 57.0 Å². The van der Waals surface area contributed by atoms with Gasteiger partial charge in [-0.15, -0.1) is 0 Å². The second-order valence-corrected chi connectivity index (χ2v) is 12.1. The highest BCUT2D eigenvalue weighted by Crippen LogP contribution is 2.54. The van der Waals surface area contributed by atoms with Crippen LogP contribution in [0.1, 0.15) is 56.8 Å². The molecule has 0 saturated carbocycles. The van der Waals surface area contributed by atoms with Gasteiger partial charge in [-0.25, -0.2) is 0 Å². The molecule has 2 bridgehead atoms. The van der Waals surface area contributed by atoms with Gasteiger partial charge in [-0.3, -0.25) is 33.9 Å². The largest absolute Gasteiger partial charge is 0.507 e. The minimum atomic E-state index is -1.06. The zero-order valence-electron chi connectivity index (χ0n) is 24.6. The molecule has 44 heavy (non-hydrogen) atoms. The zero-order chi connectivity index (χ0) is 31.4. The summed E-state index contributed by atoms with van der Waals surface area (Å²) in [6.45, 7) is 2.93. The number of aromatic hydroxyl groups is 1. The molecule has 4 heterocycles. The topological polar surface area (TPSA) is 151 Å². The Morgan fingerprint density at radius 3 is 2.27 bits per heavy atom. The van der Waals surface area contributed by atoms with E-state index in [1.807, 2.05) is 29.8 Å². The van der Waals surface area contributed by atoms with Crippen LogP contribution in [-0.2, 0) is 16.0 Å². The molecule has 4 aliphatic heterocycles. The van der Waals surface area contributed by atoms with Crippen LogP contribution < -0.4 is 4.74 Å². The van der Waals surface area contributed by atoms with Crippen molar-refractivity contribution in [2.45, 2.75) is 56.9 Å². The Morgan fingerprint density at radius 1 is 1.00 bits per heavy atom. The fraction of sp³-hybridized carbons (Fsp3) is 0.364. The van der Waals surface area contributed by atoms with Crippen LogP contribution in [0.15, 0.2) is 52.8 Å². The maximum Gasteiger partial charge on any atom is 0.261 e. The van der Waals surface area contributed by atoms with Gasteiger partial charge in [-0.1, -0.05) is 18.2 Å². The monoisotopic (exact) mass is 594 g/mol. The first kappa shape index (κ1) is 28.0. The quantitative estimate of drug-likeness (QED) is 0.308. The molecule has 1 saturated heterocycles. The molecule has 2 N–H and O–H groups in total. The van der Waals surface area contributed by atoms with Gasteiger partial charge < -0.3 is 14.9 Å². The Morgan fingerprint density at radius 2 is 1.66 bits per heavy atom. The summed E-state index contributed by atoms with van der Waals surface area (Å²) in [6, 6.07) is 7.46. The average Bonchev–Trinajstić information content (AvgIpc) is 3.24. The minimum absolute atomic E-state index is 0.000264. The third-order valence-corrected chi connectivity index (χ3v) is 10.1. The van der Waals surface area contributed by atoms with E-state index in [1.54, 1.807) is 24.3 Å². The molecule has 4 unspecified atom stereocenters. The van der Waals surface area contributed by atoms with Crippen LogP contribution in [0.3, 0.4) is 0 Å². The number of imide groups is 1. The van der Waals surface area contributed by atoms with Crippen LogP contribution in [0.2, 0.25) is 0 Å². The second-order valence-electron chi connectivity index (χ2n) is 12.1. The molecular formula is C33H30N4O7. The maximum absolute atomic E-state index is 13.7. The minimum Gasteiger partial charge on any atom is -0.507 e. The smallest absolute Gasteiger partial charge is 0.261 e. The number of fused-ring (bicyclic) bond motifs is 7. The van der Waals surface area contributed by atoms with Gasteiger partial charge in [0.1, 0.15) is 11.8 Å². The van der Waals surface area contributed by atoms with Crippen molar-refractivity contribution in [2.24, 2.45) is 0 Å². The summed E-state index contributed by atoms with van der Waals surface area (Å²) in [7, 11) is 3.36. The Bertz CT molecular complexity index is 1800. The van der Waals surface area contributed by atoms with E-state index in [2.05, 4.69) is 6.07 Å². The number of methoxy groups -OCH3 is 1. The molecule has 224 valence electrons. The number of ether oxygens (including phenoxy) is 1. The first-order valence-corrected chi connectivity index (χ1v) is 14.5. The molecule has 11 heteroatoms. The zero-order valence-corrected chi connectivity index (χ0v) is 24.6. The average molecular weight is 595 g/mol. The first-order valence-electron chi connectivity index (χ1n) is 14.5. The highest BCUT2D eigenvalue weighted by Gasteiger charge is 2.58. The van der Waals surface area contributed by atoms with E-state index in [1.165, 1.54) is 14.0 Å². The highest BCUT2D eigenvalue weighted by atomic mass is 16.5. The number of allylic oxidation sites excluding steroid dienone is 2. The number of hydrogen-bond acceptors (Lipinski definition) is 10. The number of likely N-dealkylation sites (N-methyl/N-ethyl adjacent to an activating group) is 1. The summed E-state index contributed by atoms with van der Waals surface area (Å²) >= 11 is 0. The number of aryl methyl sites for hydroxylation is 1. The molecule has 1 fully saturated rings. The fourth-order valence-corrected chi connectivity index (χ4v) is 8.13. The summed E-state index contributed by atoms with van der Waals surface area (Å²) < 4.78 is 5.55. The second kappa shape index (κ2) is 9.61. The molecule has 7 rings (SSSR count). The van der Waals surface area contributed by atoms with Crippen molar-refractivity contribution in [2.75, 3.05) is 20.7 Å². The molecule has 0 spiro atoms. The number of aliphatic hydroxyl groups is 1. The van der Waals surface area contributed by atoms with Crippen molar-refractivity contribution in [3.8, 4) is 17.6 Å². The van der Waals surface area contributed by atoms with E-state index in [0.717, 1.165) is 16.0 Å². The summed E-state index contributed by atoms with van der Waals surface area (Å²) in [5.74, 6) is -2.75. The molecule has 5 aliphatic rings. The number of benzene rings is 2. The van der Waals surface area contributed by atoms with Crippen molar-refractivity contribution in [1.29, 1.82) is 5.26 Å². The number of phenolic OH excluding ortho intramolecular Hbond substituents is 1. The lowest BCUT2D eigenvalue weighted by molar-refractivity contribution is -0.134. The predicted molar refractivity (Wildman–Crippen MR) is 155 cm³/mol. The van der Waals surface area contributed by atoms with Crippen LogP contribution in [-0.4, -0.2) is 93.2 Å². The number of nitrogens with zero attached hydrogens (tertiary/aromatic N) is 4. The van der Waals surface area contributed by atoms with E-state index in [4.69, 9.17) is 4.74 Å². The maximum atomic E-state index is 13.7.